The second kappa shape index (κ2) is 6.68. The van der Waals surface area contributed by atoms with Gasteiger partial charge in [-0.25, -0.2) is 0 Å². The zero-order valence-electron chi connectivity index (χ0n) is 16.1. The smallest absolute Gasteiger partial charge is 0.137 e. The largest absolute Gasteiger partial charge is 0.461 e. The van der Waals surface area contributed by atoms with Gasteiger partial charge in [-0.3, -0.25) is 0 Å². The van der Waals surface area contributed by atoms with Crippen LogP contribution in [0.1, 0.15) is 49.3 Å². The van der Waals surface area contributed by atoms with Crippen molar-refractivity contribution < 1.29 is 8.83 Å². The fourth-order valence-corrected chi connectivity index (χ4v) is 3.95. The van der Waals surface area contributed by atoms with E-state index >= 15 is 0 Å². The van der Waals surface area contributed by atoms with Crippen LogP contribution in [0.15, 0.2) is 45.2 Å². The Labute approximate surface area is 154 Å². The zero-order chi connectivity index (χ0) is 18.3. The van der Waals surface area contributed by atoms with Crippen LogP contribution in [0.3, 0.4) is 0 Å². The van der Waals surface area contributed by atoms with Gasteiger partial charge in [0.2, 0.25) is 0 Å². The highest BCUT2D eigenvalue weighted by atomic mass is 16.3. The minimum absolute atomic E-state index is 0.974. The number of aryl methyl sites for hydroxylation is 4. The first kappa shape index (κ1) is 17.0. The molecule has 0 aliphatic heterocycles. The normalized spacial score (nSPS) is 11.7. The lowest BCUT2D eigenvalue weighted by Crippen LogP contribution is -1.90. The molecule has 134 valence electrons. The molecule has 0 bridgehead atoms. The van der Waals surface area contributed by atoms with E-state index in [1.807, 2.05) is 13.8 Å². The maximum Gasteiger partial charge on any atom is 0.137 e. The Bertz CT molecular complexity index is 991. The lowest BCUT2D eigenvalue weighted by molar-refractivity contribution is 0.573. The van der Waals surface area contributed by atoms with Crippen molar-refractivity contribution in [2.75, 3.05) is 0 Å². The lowest BCUT2D eigenvalue weighted by atomic mass is 9.95. The van der Waals surface area contributed by atoms with Gasteiger partial charge >= 0.3 is 0 Å². The average molecular weight is 346 g/mol. The van der Waals surface area contributed by atoms with E-state index in [0.29, 0.717) is 0 Å². The van der Waals surface area contributed by atoms with Crippen LogP contribution in [0.4, 0.5) is 0 Å². The molecule has 0 radical (unpaired) electrons. The van der Waals surface area contributed by atoms with E-state index in [9.17, 15) is 0 Å². The van der Waals surface area contributed by atoms with E-state index < -0.39 is 0 Å². The lowest BCUT2D eigenvalue weighted by Gasteiger charge is -2.09. The molecule has 0 amide bonds. The maximum absolute atomic E-state index is 5.96. The van der Waals surface area contributed by atoms with Crippen molar-refractivity contribution in [3.05, 3.63) is 59.0 Å². The van der Waals surface area contributed by atoms with Crippen molar-refractivity contribution in [1.82, 2.24) is 0 Å². The van der Waals surface area contributed by atoms with E-state index in [1.54, 1.807) is 0 Å². The van der Waals surface area contributed by atoms with Gasteiger partial charge in [0.05, 0.1) is 0 Å². The summed E-state index contributed by atoms with van der Waals surface area (Å²) in [5.41, 5.74) is 7.21. The number of benzene rings is 2. The highest BCUT2D eigenvalue weighted by molar-refractivity contribution is 5.91. The molecule has 0 aliphatic rings. The quantitative estimate of drug-likeness (QED) is 0.377. The van der Waals surface area contributed by atoms with Gasteiger partial charge in [-0.1, -0.05) is 26.7 Å². The summed E-state index contributed by atoms with van der Waals surface area (Å²) in [5, 5.41) is 2.40. The summed E-state index contributed by atoms with van der Waals surface area (Å²) < 4.78 is 11.9. The van der Waals surface area contributed by atoms with E-state index in [1.165, 1.54) is 33.0 Å². The molecule has 4 aromatic rings. The van der Waals surface area contributed by atoms with Gasteiger partial charge in [-0.2, -0.15) is 0 Å². The first-order chi connectivity index (χ1) is 12.6. The molecule has 0 spiro atoms. The number of furan rings is 2. The molecule has 0 saturated carbocycles. The Morgan fingerprint density at radius 2 is 1.04 bits per heavy atom. The molecule has 0 unspecified atom stereocenters. The summed E-state index contributed by atoms with van der Waals surface area (Å²) >= 11 is 0. The molecule has 2 nitrogen and oxygen atoms in total. The Balaban J connectivity index is 1.93. The van der Waals surface area contributed by atoms with Gasteiger partial charge in [-0.05, 0) is 85.3 Å². The van der Waals surface area contributed by atoms with Crippen molar-refractivity contribution in [2.45, 2.75) is 53.4 Å². The Hall–Kier alpha value is -2.48. The molecule has 0 fully saturated rings. The number of hydrogen-bond donors (Lipinski definition) is 0. The van der Waals surface area contributed by atoms with Crippen LogP contribution in [-0.4, -0.2) is 0 Å². The standard InChI is InChI=1S/C24H26O2/c1-5-7-17-11-19(13-21-9-15(3)25-23(17)21)20-12-18(8-6-2)24-22(14-20)10-16(4)26-24/h9-14H,5-8H2,1-4H3. The number of fused-ring (bicyclic) bond motifs is 2. The predicted octanol–water partition coefficient (Wildman–Crippen LogP) is 7.37. The summed E-state index contributed by atoms with van der Waals surface area (Å²) in [5.74, 6) is 1.95. The average Bonchev–Trinajstić information content (AvgIpc) is 3.16. The zero-order valence-corrected chi connectivity index (χ0v) is 16.1. The minimum Gasteiger partial charge on any atom is -0.461 e. The van der Waals surface area contributed by atoms with E-state index in [-0.39, 0.29) is 0 Å². The van der Waals surface area contributed by atoms with Crippen LogP contribution in [0.2, 0.25) is 0 Å². The molecule has 0 N–H and O–H groups in total. The summed E-state index contributed by atoms with van der Waals surface area (Å²) in [6.45, 7) is 8.48. The van der Waals surface area contributed by atoms with Crippen LogP contribution in [0.5, 0.6) is 0 Å². The second-order valence-electron chi connectivity index (χ2n) is 7.32. The van der Waals surface area contributed by atoms with Gasteiger partial charge < -0.3 is 8.83 Å². The molecule has 2 heterocycles. The van der Waals surface area contributed by atoms with Crippen molar-refractivity contribution in [1.29, 1.82) is 0 Å². The topological polar surface area (TPSA) is 26.3 Å². The van der Waals surface area contributed by atoms with Crippen LogP contribution in [0, 0.1) is 13.8 Å². The van der Waals surface area contributed by atoms with Crippen molar-refractivity contribution in [2.24, 2.45) is 0 Å². The third-order valence-corrected chi connectivity index (χ3v) is 5.00. The highest BCUT2D eigenvalue weighted by Gasteiger charge is 2.13. The van der Waals surface area contributed by atoms with Crippen LogP contribution in [-0.2, 0) is 12.8 Å². The highest BCUT2D eigenvalue weighted by Crippen LogP contribution is 2.34. The van der Waals surface area contributed by atoms with Crippen molar-refractivity contribution in [3.8, 4) is 11.1 Å². The van der Waals surface area contributed by atoms with E-state index in [0.717, 1.165) is 48.4 Å². The Kier molecular flexibility index (Phi) is 4.36. The molecule has 2 heteroatoms. The molecule has 2 aromatic carbocycles. The summed E-state index contributed by atoms with van der Waals surface area (Å²) in [7, 11) is 0. The summed E-state index contributed by atoms with van der Waals surface area (Å²) in [6, 6.07) is 13.4. The Morgan fingerprint density at radius 1 is 0.615 bits per heavy atom. The first-order valence-corrected chi connectivity index (χ1v) is 9.65. The molecule has 4 rings (SSSR count). The molecule has 2 aromatic heterocycles. The van der Waals surface area contributed by atoms with Gasteiger partial charge in [-0.15, -0.1) is 0 Å². The molecular weight excluding hydrogens is 320 g/mol. The van der Waals surface area contributed by atoms with Gasteiger partial charge in [0.25, 0.3) is 0 Å². The van der Waals surface area contributed by atoms with E-state index in [4.69, 9.17) is 8.83 Å². The molecule has 0 atom stereocenters. The third-order valence-electron chi connectivity index (χ3n) is 5.00. The van der Waals surface area contributed by atoms with Gasteiger partial charge in [0.1, 0.15) is 22.7 Å². The molecule has 0 aliphatic carbocycles. The monoisotopic (exact) mass is 346 g/mol. The van der Waals surface area contributed by atoms with Crippen molar-refractivity contribution in [3.63, 3.8) is 0 Å². The Morgan fingerprint density at radius 3 is 1.42 bits per heavy atom. The van der Waals surface area contributed by atoms with Crippen LogP contribution >= 0.6 is 0 Å². The predicted molar refractivity (Wildman–Crippen MR) is 109 cm³/mol. The van der Waals surface area contributed by atoms with Crippen molar-refractivity contribution >= 4 is 21.9 Å². The molecule has 0 saturated heterocycles. The van der Waals surface area contributed by atoms with Crippen LogP contribution in [0.25, 0.3) is 33.1 Å². The fourth-order valence-electron chi connectivity index (χ4n) is 3.95. The number of rotatable bonds is 5. The summed E-state index contributed by atoms with van der Waals surface area (Å²) in [4.78, 5) is 0. The maximum atomic E-state index is 5.96. The van der Waals surface area contributed by atoms with Gasteiger partial charge in [0, 0.05) is 10.8 Å². The second-order valence-corrected chi connectivity index (χ2v) is 7.32. The summed E-state index contributed by atoms with van der Waals surface area (Å²) in [6.07, 6.45) is 4.29. The first-order valence-electron chi connectivity index (χ1n) is 9.65. The SMILES string of the molecule is CCCc1cc(-c2cc(CCC)c3oc(C)cc3c2)cc2cc(C)oc12. The van der Waals surface area contributed by atoms with E-state index in [2.05, 4.69) is 50.2 Å². The fraction of sp³-hybridized carbons (Fsp3) is 0.333. The van der Waals surface area contributed by atoms with Crippen LogP contribution < -0.4 is 0 Å². The third kappa shape index (κ3) is 2.94. The minimum atomic E-state index is 0.974. The number of hydrogen-bond acceptors (Lipinski definition) is 2. The molecule has 26 heavy (non-hydrogen) atoms. The molecular formula is C24H26O2. The van der Waals surface area contributed by atoms with Gasteiger partial charge in [0.15, 0.2) is 0 Å².